The van der Waals surface area contributed by atoms with E-state index >= 15 is 0 Å². The molecule has 6 heteroatoms. The van der Waals surface area contributed by atoms with E-state index in [4.69, 9.17) is 0 Å². The van der Waals surface area contributed by atoms with E-state index in [1.165, 1.54) is 4.90 Å². The maximum absolute atomic E-state index is 12.6. The quantitative estimate of drug-likeness (QED) is 0.770. The van der Waals surface area contributed by atoms with Crippen LogP contribution in [0, 0.1) is 5.92 Å². The Bertz CT molecular complexity index is 263. The summed E-state index contributed by atoms with van der Waals surface area (Å²) in [5, 5.41) is 18.9. The summed E-state index contributed by atoms with van der Waals surface area (Å²) in [6.45, 7) is 1.69. The van der Waals surface area contributed by atoms with Gasteiger partial charge in [0.1, 0.15) is 0 Å². The molecule has 0 aromatic rings. The molecule has 1 unspecified atom stereocenters. The van der Waals surface area contributed by atoms with Crippen molar-refractivity contribution in [2.24, 2.45) is 5.92 Å². The van der Waals surface area contributed by atoms with Crippen molar-refractivity contribution in [1.82, 2.24) is 4.90 Å². The smallest absolute Gasteiger partial charge is 0.245 e. The van der Waals surface area contributed by atoms with Gasteiger partial charge in [-0.2, -0.15) is 0 Å². The fraction of sp³-hybridized carbons (Fsp3) is 0.909. The van der Waals surface area contributed by atoms with Gasteiger partial charge in [0.25, 0.3) is 0 Å². The van der Waals surface area contributed by atoms with Crippen molar-refractivity contribution >= 4 is 5.91 Å². The van der Waals surface area contributed by atoms with Crippen LogP contribution in [0.2, 0.25) is 0 Å². The van der Waals surface area contributed by atoms with Gasteiger partial charge in [0.15, 0.2) is 0 Å². The average molecular weight is 251 g/mol. The molecule has 0 spiro atoms. The summed E-state index contributed by atoms with van der Waals surface area (Å²) in [5.41, 5.74) is 0. The normalized spacial score (nSPS) is 29.8. The van der Waals surface area contributed by atoms with Crippen LogP contribution in [-0.4, -0.2) is 52.7 Å². The Hall–Kier alpha value is -0.750. The highest BCUT2D eigenvalue weighted by Crippen LogP contribution is 2.24. The minimum Gasteiger partial charge on any atom is -0.390 e. The fourth-order valence-electron chi connectivity index (χ4n) is 1.97. The number of amides is 1. The lowest BCUT2D eigenvalue weighted by molar-refractivity contribution is -0.150. The third kappa shape index (κ3) is 3.61. The maximum atomic E-state index is 12.6. The van der Waals surface area contributed by atoms with Gasteiger partial charge in [0.2, 0.25) is 12.3 Å². The highest BCUT2D eigenvalue weighted by molar-refractivity contribution is 5.76. The van der Waals surface area contributed by atoms with Crippen LogP contribution in [0.25, 0.3) is 0 Å². The minimum atomic E-state index is -2.73. The molecule has 0 aliphatic carbocycles. The summed E-state index contributed by atoms with van der Waals surface area (Å²) in [7, 11) is 0. The van der Waals surface area contributed by atoms with Crippen LogP contribution in [0.15, 0.2) is 0 Å². The van der Waals surface area contributed by atoms with E-state index in [0.29, 0.717) is 12.8 Å². The average Bonchev–Trinajstić information content (AvgIpc) is 2.28. The molecule has 1 heterocycles. The molecule has 0 saturated carbocycles. The molecular formula is C11H19F2NO3. The second-order valence-electron chi connectivity index (χ2n) is 4.46. The lowest BCUT2D eigenvalue weighted by Crippen LogP contribution is -2.56. The first-order valence-corrected chi connectivity index (χ1v) is 5.89. The number of alkyl halides is 2. The van der Waals surface area contributed by atoms with Crippen LogP contribution in [-0.2, 0) is 4.79 Å². The van der Waals surface area contributed by atoms with E-state index in [9.17, 15) is 23.8 Å². The Morgan fingerprint density at radius 2 is 2.06 bits per heavy atom. The lowest BCUT2D eigenvalue weighted by Gasteiger charge is -2.39. The molecule has 0 radical (unpaired) electrons. The molecule has 1 saturated heterocycles. The highest BCUT2D eigenvalue weighted by Gasteiger charge is 2.40. The molecule has 3 atom stereocenters. The van der Waals surface area contributed by atoms with E-state index in [1.54, 1.807) is 0 Å². The fourth-order valence-corrected chi connectivity index (χ4v) is 1.97. The van der Waals surface area contributed by atoms with Crippen molar-refractivity contribution in [3.8, 4) is 0 Å². The van der Waals surface area contributed by atoms with Crippen molar-refractivity contribution < 1.29 is 23.8 Å². The molecule has 0 bridgehead atoms. The van der Waals surface area contributed by atoms with Gasteiger partial charge in [-0.25, -0.2) is 8.78 Å². The Labute approximate surface area is 99.2 Å². The number of aliphatic hydroxyl groups is 2. The van der Waals surface area contributed by atoms with Crippen molar-refractivity contribution in [3.05, 3.63) is 0 Å². The Morgan fingerprint density at radius 1 is 1.41 bits per heavy atom. The second-order valence-corrected chi connectivity index (χ2v) is 4.46. The summed E-state index contributed by atoms with van der Waals surface area (Å²) >= 11 is 0. The van der Waals surface area contributed by atoms with Gasteiger partial charge in [0.05, 0.1) is 18.1 Å². The molecule has 1 amide bonds. The molecule has 1 rings (SSSR count). The molecule has 4 nitrogen and oxygen atoms in total. The number of rotatable bonds is 4. The van der Waals surface area contributed by atoms with Crippen LogP contribution in [0.1, 0.15) is 26.2 Å². The Kier molecular flexibility index (Phi) is 5.27. The summed E-state index contributed by atoms with van der Waals surface area (Å²) < 4.78 is 25.2. The number of hydrogen-bond acceptors (Lipinski definition) is 3. The Balaban J connectivity index is 2.60. The van der Waals surface area contributed by atoms with Crippen molar-refractivity contribution in [3.63, 3.8) is 0 Å². The number of carbonyl (C=O) groups is 1. The number of aliphatic hydroxyl groups excluding tert-OH is 2. The number of unbranched alkanes of at least 4 members (excludes halogenated alkanes) is 1. The summed E-state index contributed by atoms with van der Waals surface area (Å²) in [5.74, 6) is -1.59. The maximum Gasteiger partial charge on any atom is 0.245 e. The van der Waals surface area contributed by atoms with Gasteiger partial charge in [0, 0.05) is 19.5 Å². The van der Waals surface area contributed by atoms with Crippen LogP contribution in [0.3, 0.4) is 0 Å². The summed E-state index contributed by atoms with van der Waals surface area (Å²) in [4.78, 5) is 12.9. The Morgan fingerprint density at radius 3 is 2.59 bits per heavy atom. The van der Waals surface area contributed by atoms with Crippen molar-refractivity contribution in [2.45, 2.75) is 44.8 Å². The number of likely N-dealkylation sites (tertiary alicyclic amines) is 1. The monoisotopic (exact) mass is 251 g/mol. The van der Waals surface area contributed by atoms with E-state index in [1.807, 2.05) is 6.92 Å². The SMILES string of the molecule is CCCCC(=O)N1CC(C(F)F)[C@@H](O)[C@H](O)C1. The molecule has 1 aliphatic rings. The number of nitrogens with zero attached hydrogens (tertiary/aromatic N) is 1. The first-order valence-electron chi connectivity index (χ1n) is 5.89. The molecule has 1 aliphatic heterocycles. The van der Waals surface area contributed by atoms with Gasteiger partial charge in [-0.3, -0.25) is 4.79 Å². The predicted molar refractivity (Wildman–Crippen MR) is 57.6 cm³/mol. The number of piperidine rings is 1. The van der Waals surface area contributed by atoms with Gasteiger partial charge < -0.3 is 15.1 Å². The van der Waals surface area contributed by atoms with Crippen molar-refractivity contribution in [2.75, 3.05) is 13.1 Å². The number of halogens is 2. The van der Waals surface area contributed by atoms with Gasteiger partial charge in [-0.05, 0) is 6.42 Å². The third-order valence-corrected chi connectivity index (χ3v) is 3.09. The first-order chi connectivity index (χ1) is 7.97. The third-order valence-electron chi connectivity index (χ3n) is 3.09. The van der Waals surface area contributed by atoms with Gasteiger partial charge in [-0.1, -0.05) is 13.3 Å². The number of hydrogen-bond donors (Lipinski definition) is 2. The summed E-state index contributed by atoms with van der Waals surface area (Å²) in [6, 6.07) is 0. The molecule has 17 heavy (non-hydrogen) atoms. The van der Waals surface area contributed by atoms with Crippen LogP contribution in [0.5, 0.6) is 0 Å². The standard InChI is InChI=1S/C11H19F2NO3/c1-2-3-4-9(16)14-5-7(11(12)13)10(17)8(15)6-14/h7-8,10-11,15,17H,2-6H2,1H3/t7?,8-,10-/m1/s1. The zero-order valence-electron chi connectivity index (χ0n) is 9.85. The van der Waals surface area contributed by atoms with E-state index < -0.39 is 24.6 Å². The molecule has 0 aromatic carbocycles. The highest BCUT2D eigenvalue weighted by atomic mass is 19.3. The van der Waals surface area contributed by atoms with Crippen LogP contribution >= 0.6 is 0 Å². The molecule has 100 valence electrons. The summed E-state index contributed by atoms with van der Waals surface area (Å²) in [6.07, 6.45) is -3.62. The minimum absolute atomic E-state index is 0.0626. The lowest BCUT2D eigenvalue weighted by atomic mass is 9.92. The topological polar surface area (TPSA) is 60.8 Å². The zero-order chi connectivity index (χ0) is 13.0. The number of carbonyl (C=O) groups excluding carboxylic acids is 1. The molecule has 2 N–H and O–H groups in total. The molecule has 0 aromatic heterocycles. The molecular weight excluding hydrogens is 232 g/mol. The first kappa shape index (κ1) is 14.3. The van der Waals surface area contributed by atoms with E-state index in [2.05, 4.69) is 0 Å². The predicted octanol–water partition coefficient (Wildman–Crippen LogP) is 0.622. The van der Waals surface area contributed by atoms with Crippen molar-refractivity contribution in [1.29, 1.82) is 0 Å². The van der Waals surface area contributed by atoms with Crippen LogP contribution in [0.4, 0.5) is 8.78 Å². The van der Waals surface area contributed by atoms with Gasteiger partial charge >= 0.3 is 0 Å². The van der Waals surface area contributed by atoms with E-state index in [-0.39, 0.29) is 19.0 Å². The second kappa shape index (κ2) is 6.26. The molecule has 1 fully saturated rings. The van der Waals surface area contributed by atoms with Gasteiger partial charge in [-0.15, -0.1) is 0 Å². The number of β-amino-alcohol motifs (C(OH)–C–C–N with tert-alkyl or cyclic N) is 1. The largest absolute Gasteiger partial charge is 0.390 e. The zero-order valence-corrected chi connectivity index (χ0v) is 9.85. The van der Waals surface area contributed by atoms with E-state index in [0.717, 1.165) is 6.42 Å². The van der Waals surface area contributed by atoms with Crippen LogP contribution < -0.4 is 0 Å².